The first-order valence-corrected chi connectivity index (χ1v) is 10.1. The van der Waals surface area contributed by atoms with Crippen LogP contribution in [0.2, 0.25) is 10.0 Å². The van der Waals surface area contributed by atoms with Crippen LogP contribution in [0, 0.1) is 0 Å². The number of nitrogens with zero attached hydrogens (tertiary/aromatic N) is 1. The van der Waals surface area contributed by atoms with Crippen molar-refractivity contribution in [2.75, 3.05) is 19.8 Å². The van der Waals surface area contributed by atoms with Crippen molar-refractivity contribution in [2.24, 2.45) is 5.16 Å². The van der Waals surface area contributed by atoms with Crippen LogP contribution in [0.5, 0.6) is 0 Å². The van der Waals surface area contributed by atoms with Crippen LogP contribution in [-0.4, -0.2) is 54.0 Å². The topological polar surface area (TPSA) is 89.4 Å². The zero-order valence-corrected chi connectivity index (χ0v) is 16.8. The van der Waals surface area contributed by atoms with Crippen molar-refractivity contribution in [3.8, 4) is 0 Å². The molecule has 1 aromatic carbocycles. The number of aliphatic hydroxyl groups is 1. The third kappa shape index (κ3) is 4.14. The lowest BCUT2D eigenvalue weighted by molar-refractivity contribution is -0.201. The van der Waals surface area contributed by atoms with E-state index in [2.05, 4.69) is 10.5 Å². The first-order chi connectivity index (χ1) is 13.4. The van der Waals surface area contributed by atoms with E-state index in [1.54, 1.807) is 18.2 Å². The van der Waals surface area contributed by atoms with E-state index >= 15 is 0 Å². The van der Waals surface area contributed by atoms with Crippen LogP contribution in [0.25, 0.3) is 0 Å². The monoisotopic (exact) mass is 428 g/mol. The minimum atomic E-state index is -0.974. The van der Waals surface area contributed by atoms with Crippen LogP contribution in [0.3, 0.4) is 0 Å². The summed E-state index contributed by atoms with van der Waals surface area (Å²) in [6.45, 7) is 1.33. The number of halogens is 2. The molecule has 152 valence electrons. The second-order valence-corrected chi connectivity index (χ2v) is 8.35. The molecule has 0 radical (unpaired) electrons. The Kier molecular flexibility index (Phi) is 5.55. The highest BCUT2D eigenvalue weighted by Gasteiger charge is 2.45. The van der Waals surface area contributed by atoms with Gasteiger partial charge in [-0.05, 0) is 25.0 Å². The van der Waals surface area contributed by atoms with E-state index in [4.69, 9.17) is 37.5 Å². The minimum Gasteiger partial charge on any atom is -0.388 e. The van der Waals surface area contributed by atoms with E-state index in [1.165, 1.54) is 0 Å². The van der Waals surface area contributed by atoms with Crippen LogP contribution >= 0.6 is 23.2 Å². The SMILES string of the molecule is O=C(NCC1(O)CCC2(CC1)OCCO2)[C@H]1CC(c2ccc(Cl)cc2Cl)=NO1. The molecular formula is C19H22Cl2N2O5. The Labute approximate surface area is 172 Å². The van der Waals surface area contributed by atoms with Crippen molar-refractivity contribution in [3.05, 3.63) is 33.8 Å². The van der Waals surface area contributed by atoms with E-state index in [-0.39, 0.29) is 12.5 Å². The first kappa shape index (κ1) is 19.9. The molecule has 1 aromatic rings. The number of nitrogens with one attached hydrogen (secondary N) is 1. The van der Waals surface area contributed by atoms with Crippen molar-refractivity contribution in [2.45, 2.75) is 49.6 Å². The fourth-order valence-electron chi connectivity index (χ4n) is 3.82. The van der Waals surface area contributed by atoms with Gasteiger partial charge >= 0.3 is 0 Å². The van der Waals surface area contributed by atoms with Gasteiger partial charge in [-0.3, -0.25) is 4.79 Å². The number of hydrogen-bond donors (Lipinski definition) is 2. The Balaban J connectivity index is 1.28. The van der Waals surface area contributed by atoms with Crippen molar-refractivity contribution in [1.82, 2.24) is 5.32 Å². The number of benzene rings is 1. The summed E-state index contributed by atoms with van der Waals surface area (Å²) in [4.78, 5) is 17.8. The van der Waals surface area contributed by atoms with Crippen molar-refractivity contribution in [3.63, 3.8) is 0 Å². The highest BCUT2D eigenvalue weighted by atomic mass is 35.5. The molecule has 9 heteroatoms. The van der Waals surface area contributed by atoms with Crippen molar-refractivity contribution in [1.29, 1.82) is 0 Å². The minimum absolute atomic E-state index is 0.152. The standard InChI is InChI=1S/C19H22Cl2N2O5/c20-12-1-2-13(14(21)9-12)15-10-16(28-23-15)17(24)22-11-18(25)3-5-19(6-4-18)26-7-8-27-19/h1-2,9,16,25H,3-8,10-11H2,(H,22,24)/t16-/m1/s1. The van der Waals surface area contributed by atoms with Crippen LogP contribution in [0.15, 0.2) is 23.4 Å². The average molecular weight is 429 g/mol. The fraction of sp³-hybridized carbons (Fsp3) is 0.579. The molecule has 7 nitrogen and oxygen atoms in total. The van der Waals surface area contributed by atoms with Gasteiger partial charge in [0.25, 0.3) is 5.91 Å². The normalized spacial score (nSPS) is 25.4. The highest BCUT2D eigenvalue weighted by Crippen LogP contribution is 2.40. The van der Waals surface area contributed by atoms with Crippen molar-refractivity contribution < 1.29 is 24.2 Å². The Bertz CT molecular complexity index is 785. The summed E-state index contributed by atoms with van der Waals surface area (Å²) in [7, 11) is 0. The van der Waals surface area contributed by atoms with Crippen LogP contribution in [0.1, 0.15) is 37.7 Å². The van der Waals surface area contributed by atoms with E-state index in [1.807, 2.05) is 0 Å². The highest BCUT2D eigenvalue weighted by molar-refractivity contribution is 6.37. The molecule has 1 saturated carbocycles. The number of carbonyl (C=O) groups excluding carboxylic acids is 1. The third-order valence-electron chi connectivity index (χ3n) is 5.55. The lowest BCUT2D eigenvalue weighted by Crippen LogP contribution is -2.51. The molecule has 1 aliphatic carbocycles. The molecule has 28 heavy (non-hydrogen) atoms. The number of oxime groups is 1. The molecule has 1 spiro atoms. The first-order valence-electron chi connectivity index (χ1n) is 9.34. The van der Waals surface area contributed by atoms with E-state index < -0.39 is 17.5 Å². The van der Waals surface area contributed by atoms with Crippen molar-refractivity contribution >= 4 is 34.8 Å². The van der Waals surface area contributed by atoms with E-state index in [9.17, 15) is 9.90 Å². The molecule has 1 amide bonds. The van der Waals surface area contributed by atoms with Crippen LogP contribution in [-0.2, 0) is 19.1 Å². The number of amides is 1. The molecule has 2 heterocycles. The predicted octanol–water partition coefficient (Wildman–Crippen LogP) is 2.65. The number of hydrogen-bond acceptors (Lipinski definition) is 6. The molecule has 2 fully saturated rings. The second kappa shape index (κ2) is 7.80. The summed E-state index contributed by atoms with van der Waals surface area (Å²) < 4.78 is 11.4. The van der Waals surface area contributed by atoms with Gasteiger partial charge in [0, 0.05) is 36.4 Å². The van der Waals surface area contributed by atoms with Gasteiger partial charge in [0.2, 0.25) is 6.10 Å². The lowest BCUT2D eigenvalue weighted by Gasteiger charge is -2.40. The summed E-state index contributed by atoms with van der Waals surface area (Å²) in [5, 5.41) is 18.5. The molecule has 0 aromatic heterocycles. The molecule has 1 saturated heterocycles. The fourth-order valence-corrected chi connectivity index (χ4v) is 4.34. The van der Waals surface area contributed by atoms with Crippen LogP contribution in [0.4, 0.5) is 0 Å². The van der Waals surface area contributed by atoms with Crippen LogP contribution < -0.4 is 5.32 Å². The summed E-state index contributed by atoms with van der Waals surface area (Å²) in [5.41, 5.74) is 0.308. The van der Waals surface area contributed by atoms with Gasteiger partial charge in [0.15, 0.2) is 5.79 Å². The molecule has 0 unspecified atom stereocenters. The average Bonchev–Trinajstić information content (AvgIpc) is 3.33. The summed E-state index contributed by atoms with van der Waals surface area (Å²) in [6.07, 6.45) is 1.78. The Hall–Kier alpha value is -1.38. The molecule has 3 aliphatic rings. The Morgan fingerprint density at radius 2 is 1.93 bits per heavy atom. The number of carbonyl (C=O) groups is 1. The number of ether oxygens (including phenoxy) is 2. The largest absolute Gasteiger partial charge is 0.388 e. The van der Waals surface area contributed by atoms with Gasteiger partial charge in [0.1, 0.15) is 0 Å². The third-order valence-corrected chi connectivity index (χ3v) is 6.10. The molecule has 2 aliphatic heterocycles. The Morgan fingerprint density at radius 3 is 2.61 bits per heavy atom. The van der Waals surface area contributed by atoms with E-state index in [0.29, 0.717) is 66.6 Å². The molecule has 4 rings (SSSR count). The van der Waals surface area contributed by atoms with Gasteiger partial charge in [-0.2, -0.15) is 0 Å². The number of rotatable bonds is 4. The smallest absolute Gasteiger partial charge is 0.264 e. The van der Waals surface area contributed by atoms with Gasteiger partial charge < -0.3 is 24.7 Å². The van der Waals surface area contributed by atoms with Gasteiger partial charge in [0.05, 0.1) is 29.5 Å². The maximum Gasteiger partial charge on any atom is 0.264 e. The lowest BCUT2D eigenvalue weighted by atomic mass is 9.81. The summed E-state index contributed by atoms with van der Waals surface area (Å²) >= 11 is 12.1. The zero-order valence-electron chi connectivity index (χ0n) is 15.2. The van der Waals surface area contributed by atoms with Gasteiger partial charge in [-0.15, -0.1) is 0 Å². The maximum atomic E-state index is 12.5. The molecule has 0 bridgehead atoms. The Morgan fingerprint density at radius 1 is 1.21 bits per heavy atom. The van der Waals surface area contributed by atoms with E-state index in [0.717, 1.165) is 0 Å². The maximum absolute atomic E-state index is 12.5. The van der Waals surface area contributed by atoms with Gasteiger partial charge in [-0.1, -0.05) is 34.4 Å². The summed E-state index contributed by atoms with van der Waals surface area (Å²) in [6, 6.07) is 5.08. The predicted molar refractivity (Wildman–Crippen MR) is 104 cm³/mol. The summed E-state index contributed by atoms with van der Waals surface area (Å²) in [5.74, 6) is -0.864. The second-order valence-electron chi connectivity index (χ2n) is 7.51. The molecule has 2 N–H and O–H groups in total. The zero-order chi connectivity index (χ0) is 19.8. The van der Waals surface area contributed by atoms with Gasteiger partial charge in [-0.25, -0.2) is 0 Å². The molecular weight excluding hydrogens is 407 g/mol. The molecule has 1 atom stereocenters. The quantitative estimate of drug-likeness (QED) is 0.769.